The number of hydrogen-bond acceptors (Lipinski definition) is 5. The summed E-state index contributed by atoms with van der Waals surface area (Å²) in [7, 11) is 0. The first-order valence-corrected chi connectivity index (χ1v) is 10.7. The van der Waals surface area contributed by atoms with Crippen LogP contribution in [0.5, 0.6) is 5.75 Å². The van der Waals surface area contributed by atoms with Crippen molar-refractivity contribution in [3.63, 3.8) is 0 Å². The van der Waals surface area contributed by atoms with Gasteiger partial charge in [0.05, 0.1) is 0 Å². The molecule has 1 aliphatic rings. The second-order valence-electron chi connectivity index (χ2n) is 7.00. The predicted octanol–water partition coefficient (Wildman–Crippen LogP) is 2.82. The Balaban J connectivity index is 1.38. The van der Waals surface area contributed by atoms with Crippen molar-refractivity contribution in [1.82, 2.24) is 16.2 Å². The Morgan fingerprint density at radius 3 is 2.45 bits per heavy atom. The Hall–Kier alpha value is -2.98. The number of anilines is 1. The van der Waals surface area contributed by atoms with Crippen molar-refractivity contribution in [2.24, 2.45) is 5.92 Å². The molecule has 1 fully saturated rings. The normalized spacial score (nSPS) is 12.5. The zero-order chi connectivity index (χ0) is 22.4. The average molecular weight is 505 g/mol. The van der Waals surface area contributed by atoms with Gasteiger partial charge in [0.25, 0.3) is 11.8 Å². The highest BCUT2D eigenvalue weighted by Gasteiger charge is 2.29. The lowest BCUT2D eigenvalue weighted by molar-refractivity contribution is -0.121. The lowest BCUT2D eigenvalue weighted by Gasteiger charge is -2.12. The maximum Gasteiger partial charge on any atom is 0.269 e. The molecule has 3 amide bonds. The molecule has 1 saturated carbocycles. The average Bonchev–Trinajstić information content (AvgIpc) is 3.59. The van der Waals surface area contributed by atoms with Crippen molar-refractivity contribution in [3.8, 4) is 5.75 Å². The van der Waals surface area contributed by atoms with Crippen LogP contribution in [0.25, 0.3) is 0 Å². The van der Waals surface area contributed by atoms with Crippen LogP contribution in [0.2, 0.25) is 0 Å². The zero-order valence-electron chi connectivity index (χ0n) is 16.7. The minimum Gasteiger partial charge on any atom is -0.484 e. The van der Waals surface area contributed by atoms with Crippen LogP contribution in [0.15, 0.2) is 46.9 Å². The molecule has 0 unspecified atom stereocenters. The molecule has 8 nitrogen and oxygen atoms in total. The second kappa shape index (κ2) is 10.4. The molecule has 0 atom stereocenters. The first-order valence-electron chi connectivity index (χ1n) is 9.52. The van der Waals surface area contributed by atoms with E-state index in [4.69, 9.17) is 17.0 Å². The summed E-state index contributed by atoms with van der Waals surface area (Å²) in [6.45, 7) is 1.68. The molecule has 10 heteroatoms. The van der Waals surface area contributed by atoms with E-state index in [2.05, 4.69) is 37.4 Å². The molecule has 0 heterocycles. The first-order chi connectivity index (χ1) is 14.8. The van der Waals surface area contributed by atoms with Gasteiger partial charge in [-0.1, -0.05) is 15.9 Å². The van der Waals surface area contributed by atoms with Crippen LogP contribution < -0.4 is 26.2 Å². The molecular formula is C21H21BrN4O4S. The van der Waals surface area contributed by atoms with Crippen molar-refractivity contribution < 1.29 is 19.1 Å². The van der Waals surface area contributed by atoms with E-state index in [-0.39, 0.29) is 23.5 Å². The van der Waals surface area contributed by atoms with Gasteiger partial charge in [-0.3, -0.25) is 30.6 Å². The molecule has 0 radical (unpaired) electrons. The standard InChI is InChI=1S/C21H21BrN4O4S/c1-12-10-16(8-9-17(12)22)30-11-18(27)24-21(31)26-25-20(29)14-4-6-15(7-5-14)23-19(28)13-2-3-13/h4-10,13H,2-3,11H2,1H3,(H,23,28)(H,25,29)(H2,24,26,27,31). The first kappa shape index (κ1) is 22.7. The van der Waals surface area contributed by atoms with Crippen LogP contribution in [0, 0.1) is 12.8 Å². The Bertz CT molecular complexity index is 1010. The van der Waals surface area contributed by atoms with Crippen molar-refractivity contribution >= 4 is 56.7 Å². The molecule has 0 saturated heterocycles. The molecule has 162 valence electrons. The van der Waals surface area contributed by atoms with E-state index in [0.717, 1.165) is 22.9 Å². The third kappa shape index (κ3) is 7.04. The van der Waals surface area contributed by atoms with Gasteiger partial charge >= 0.3 is 0 Å². The summed E-state index contributed by atoms with van der Waals surface area (Å²) in [4.78, 5) is 35.9. The van der Waals surface area contributed by atoms with Crippen LogP contribution in [0.3, 0.4) is 0 Å². The number of rotatable bonds is 6. The van der Waals surface area contributed by atoms with Crippen LogP contribution in [0.4, 0.5) is 5.69 Å². The maximum absolute atomic E-state index is 12.2. The van der Waals surface area contributed by atoms with Crippen molar-refractivity contribution in [2.45, 2.75) is 19.8 Å². The highest BCUT2D eigenvalue weighted by molar-refractivity contribution is 9.10. The van der Waals surface area contributed by atoms with Gasteiger partial charge in [0.1, 0.15) is 5.75 Å². The number of hydrazine groups is 1. The molecule has 0 aromatic heterocycles. The fourth-order valence-electron chi connectivity index (χ4n) is 2.53. The van der Waals surface area contributed by atoms with Gasteiger partial charge in [0.2, 0.25) is 5.91 Å². The summed E-state index contributed by atoms with van der Waals surface area (Å²) in [6.07, 6.45) is 1.84. The molecule has 2 aromatic carbocycles. The summed E-state index contributed by atoms with van der Waals surface area (Å²) < 4.78 is 6.37. The topological polar surface area (TPSA) is 109 Å². The number of ether oxygens (including phenoxy) is 1. The van der Waals surface area contributed by atoms with E-state index >= 15 is 0 Å². The van der Waals surface area contributed by atoms with E-state index in [9.17, 15) is 14.4 Å². The number of nitrogens with one attached hydrogen (secondary N) is 4. The minimum atomic E-state index is -0.469. The maximum atomic E-state index is 12.2. The number of amides is 3. The van der Waals surface area contributed by atoms with Gasteiger partial charge in [0, 0.05) is 21.6 Å². The molecule has 31 heavy (non-hydrogen) atoms. The highest BCUT2D eigenvalue weighted by Crippen LogP contribution is 2.30. The summed E-state index contributed by atoms with van der Waals surface area (Å²) in [5, 5.41) is 5.15. The van der Waals surface area contributed by atoms with Crippen LogP contribution in [-0.2, 0) is 9.59 Å². The van der Waals surface area contributed by atoms with E-state index in [1.807, 2.05) is 13.0 Å². The largest absolute Gasteiger partial charge is 0.484 e. The third-order valence-electron chi connectivity index (χ3n) is 4.40. The molecule has 0 aliphatic heterocycles. The van der Waals surface area contributed by atoms with E-state index in [1.165, 1.54) is 0 Å². The van der Waals surface area contributed by atoms with Gasteiger partial charge in [-0.05, 0) is 80.0 Å². The van der Waals surface area contributed by atoms with Gasteiger partial charge in [0.15, 0.2) is 11.7 Å². The van der Waals surface area contributed by atoms with Gasteiger partial charge in [-0.2, -0.15) is 0 Å². The van der Waals surface area contributed by atoms with Crippen LogP contribution in [0.1, 0.15) is 28.8 Å². The summed E-state index contributed by atoms with van der Waals surface area (Å²) in [5.74, 6) is -0.256. The van der Waals surface area contributed by atoms with Crippen molar-refractivity contribution in [3.05, 3.63) is 58.1 Å². The fourth-order valence-corrected chi connectivity index (χ4v) is 2.94. The highest BCUT2D eigenvalue weighted by atomic mass is 79.9. The molecular weight excluding hydrogens is 484 g/mol. The number of carbonyl (C=O) groups excluding carboxylic acids is 3. The van der Waals surface area contributed by atoms with Crippen molar-refractivity contribution in [1.29, 1.82) is 0 Å². The number of benzene rings is 2. The lowest BCUT2D eigenvalue weighted by atomic mass is 10.2. The molecule has 2 aromatic rings. The number of hydrogen-bond donors (Lipinski definition) is 4. The number of thiocarbonyl (C=S) groups is 1. The number of carbonyl (C=O) groups is 3. The minimum absolute atomic E-state index is 0.000734. The molecule has 0 spiro atoms. The quantitative estimate of drug-likeness (QED) is 0.355. The van der Waals surface area contributed by atoms with E-state index < -0.39 is 11.8 Å². The smallest absolute Gasteiger partial charge is 0.269 e. The summed E-state index contributed by atoms with van der Waals surface area (Å²) in [5.41, 5.74) is 6.84. The van der Waals surface area contributed by atoms with Gasteiger partial charge in [-0.15, -0.1) is 0 Å². The van der Waals surface area contributed by atoms with E-state index in [0.29, 0.717) is 17.0 Å². The molecule has 3 rings (SSSR count). The van der Waals surface area contributed by atoms with E-state index in [1.54, 1.807) is 36.4 Å². The summed E-state index contributed by atoms with van der Waals surface area (Å²) >= 11 is 8.40. The zero-order valence-corrected chi connectivity index (χ0v) is 19.1. The van der Waals surface area contributed by atoms with Gasteiger partial charge < -0.3 is 10.1 Å². The number of aryl methyl sites for hydroxylation is 1. The molecule has 4 N–H and O–H groups in total. The number of halogens is 1. The third-order valence-corrected chi connectivity index (χ3v) is 5.50. The Morgan fingerprint density at radius 1 is 1.10 bits per heavy atom. The molecule has 1 aliphatic carbocycles. The molecule has 0 bridgehead atoms. The lowest BCUT2D eigenvalue weighted by Crippen LogP contribution is -2.49. The Kier molecular flexibility index (Phi) is 7.59. The van der Waals surface area contributed by atoms with Gasteiger partial charge in [-0.25, -0.2) is 0 Å². The van der Waals surface area contributed by atoms with Crippen LogP contribution >= 0.6 is 28.1 Å². The Morgan fingerprint density at radius 2 is 1.81 bits per heavy atom. The Labute approximate surface area is 193 Å². The fraction of sp³-hybridized carbons (Fsp3) is 0.238. The summed E-state index contributed by atoms with van der Waals surface area (Å²) in [6, 6.07) is 11.8. The monoisotopic (exact) mass is 504 g/mol. The second-order valence-corrected chi connectivity index (χ2v) is 8.26. The van der Waals surface area contributed by atoms with Crippen LogP contribution in [-0.4, -0.2) is 29.4 Å². The predicted molar refractivity (Wildman–Crippen MR) is 124 cm³/mol. The SMILES string of the molecule is Cc1cc(OCC(=O)NC(=S)NNC(=O)c2ccc(NC(=O)C3CC3)cc2)ccc1Br. The van der Waals surface area contributed by atoms with Crippen molar-refractivity contribution in [2.75, 3.05) is 11.9 Å².